The van der Waals surface area contributed by atoms with Gasteiger partial charge in [-0.15, -0.1) is 0 Å². The molecule has 2 rings (SSSR count). The molecule has 2 aromatic rings. The summed E-state index contributed by atoms with van der Waals surface area (Å²) in [5, 5.41) is 3.26. The maximum atomic E-state index is 13.5. The van der Waals surface area contributed by atoms with Gasteiger partial charge in [0.1, 0.15) is 0 Å². The minimum atomic E-state index is -0.466. The van der Waals surface area contributed by atoms with Crippen molar-refractivity contribution in [1.29, 1.82) is 0 Å². The Kier molecular flexibility index (Phi) is 4.49. The number of ether oxygens (including phenoxy) is 1. The van der Waals surface area contributed by atoms with Gasteiger partial charge in [-0.2, -0.15) is 0 Å². The van der Waals surface area contributed by atoms with Crippen molar-refractivity contribution in [2.24, 2.45) is 0 Å². The molecule has 5 heteroatoms. The molecule has 0 spiro atoms. The number of benzene rings is 2. The van der Waals surface area contributed by atoms with Crippen LogP contribution in [0.15, 0.2) is 40.9 Å². The van der Waals surface area contributed by atoms with Crippen LogP contribution in [0.25, 0.3) is 0 Å². The summed E-state index contributed by atoms with van der Waals surface area (Å²) >= 11 is 3.40. The van der Waals surface area contributed by atoms with Crippen LogP contribution in [0, 0.1) is 5.82 Å². The zero-order valence-corrected chi connectivity index (χ0v) is 12.9. The summed E-state index contributed by atoms with van der Waals surface area (Å²) in [5.74, 6) is -0.295. The van der Waals surface area contributed by atoms with Crippen molar-refractivity contribution in [2.45, 2.75) is 13.0 Å². The topological polar surface area (TPSA) is 47.3 Å². The Morgan fingerprint density at radius 2 is 1.90 bits per heavy atom. The number of halogens is 2. The molecule has 0 fully saturated rings. The van der Waals surface area contributed by atoms with Gasteiger partial charge >= 0.3 is 0 Å². The fraction of sp³-hybridized carbons (Fsp3) is 0.200. The van der Waals surface area contributed by atoms with E-state index in [1.165, 1.54) is 13.2 Å². The summed E-state index contributed by atoms with van der Waals surface area (Å²) in [7, 11) is 1.43. The largest absolute Gasteiger partial charge is 0.494 e. The van der Waals surface area contributed by atoms with Gasteiger partial charge < -0.3 is 15.8 Å². The maximum Gasteiger partial charge on any atom is 0.167 e. The first-order valence-electron chi connectivity index (χ1n) is 6.16. The van der Waals surface area contributed by atoms with E-state index in [2.05, 4.69) is 21.2 Å². The van der Waals surface area contributed by atoms with Crippen LogP contribution in [0.2, 0.25) is 0 Å². The summed E-state index contributed by atoms with van der Waals surface area (Å²) in [6.45, 7) is 2.01. The highest BCUT2D eigenvalue weighted by atomic mass is 79.9. The molecule has 20 heavy (non-hydrogen) atoms. The predicted molar refractivity (Wildman–Crippen MR) is 83.5 cm³/mol. The summed E-state index contributed by atoms with van der Waals surface area (Å²) in [6, 6.07) is 10.8. The third-order valence-electron chi connectivity index (χ3n) is 3.07. The van der Waals surface area contributed by atoms with E-state index >= 15 is 0 Å². The zero-order chi connectivity index (χ0) is 14.7. The Morgan fingerprint density at radius 3 is 2.50 bits per heavy atom. The van der Waals surface area contributed by atoms with E-state index in [0.717, 1.165) is 10.0 Å². The molecular formula is C15H16BrFN2O. The summed E-state index contributed by atoms with van der Waals surface area (Å²) in [6.07, 6.45) is 0. The average Bonchev–Trinajstić information content (AvgIpc) is 2.42. The van der Waals surface area contributed by atoms with Gasteiger partial charge in [0.05, 0.1) is 18.5 Å². The van der Waals surface area contributed by atoms with Crippen LogP contribution < -0.4 is 15.8 Å². The molecule has 0 saturated carbocycles. The Hall–Kier alpha value is -1.75. The third-order valence-corrected chi connectivity index (χ3v) is 3.59. The highest BCUT2D eigenvalue weighted by molar-refractivity contribution is 9.10. The van der Waals surface area contributed by atoms with Gasteiger partial charge in [-0.25, -0.2) is 4.39 Å². The monoisotopic (exact) mass is 338 g/mol. The summed E-state index contributed by atoms with van der Waals surface area (Å²) in [5.41, 5.74) is 7.94. The molecule has 0 aromatic heterocycles. The Balaban J connectivity index is 2.23. The minimum Gasteiger partial charge on any atom is -0.494 e. The predicted octanol–water partition coefficient (Wildman–Crippen LogP) is 4.35. The number of nitrogen functional groups attached to an aromatic ring is 1. The Bertz CT molecular complexity index is 602. The molecular weight excluding hydrogens is 323 g/mol. The van der Waals surface area contributed by atoms with E-state index in [1.54, 1.807) is 6.07 Å². The number of nitrogens with two attached hydrogens (primary N) is 1. The normalized spacial score (nSPS) is 12.0. The van der Waals surface area contributed by atoms with Crippen LogP contribution >= 0.6 is 15.9 Å². The molecule has 106 valence electrons. The van der Waals surface area contributed by atoms with Crippen LogP contribution in [0.4, 0.5) is 15.8 Å². The van der Waals surface area contributed by atoms with Crippen molar-refractivity contribution in [2.75, 3.05) is 18.2 Å². The quantitative estimate of drug-likeness (QED) is 0.814. The van der Waals surface area contributed by atoms with E-state index in [4.69, 9.17) is 10.5 Å². The zero-order valence-electron chi connectivity index (χ0n) is 11.3. The molecule has 1 unspecified atom stereocenters. The number of anilines is 2. The number of methoxy groups -OCH3 is 1. The van der Waals surface area contributed by atoms with Gasteiger partial charge in [-0.1, -0.05) is 28.1 Å². The van der Waals surface area contributed by atoms with Crippen molar-refractivity contribution >= 4 is 27.3 Å². The minimum absolute atomic E-state index is 0.0422. The second-order valence-corrected chi connectivity index (χ2v) is 5.41. The average molecular weight is 339 g/mol. The molecule has 0 aliphatic carbocycles. The van der Waals surface area contributed by atoms with Gasteiger partial charge in [0.15, 0.2) is 11.6 Å². The standard InChI is InChI=1S/C15H16BrFN2O/c1-9(10-3-5-11(16)6-4-10)19-14-8-15(20-2)12(17)7-13(14)18/h3-9,19H,18H2,1-2H3. The molecule has 0 radical (unpaired) electrons. The first-order chi connectivity index (χ1) is 9.51. The lowest BCUT2D eigenvalue weighted by atomic mass is 10.1. The van der Waals surface area contributed by atoms with Crippen LogP contribution in [0.5, 0.6) is 5.75 Å². The summed E-state index contributed by atoms with van der Waals surface area (Å²) in [4.78, 5) is 0. The van der Waals surface area contributed by atoms with Gasteiger partial charge in [0.2, 0.25) is 0 Å². The number of hydrogen-bond acceptors (Lipinski definition) is 3. The number of nitrogens with one attached hydrogen (secondary N) is 1. The molecule has 1 atom stereocenters. The molecule has 3 nitrogen and oxygen atoms in total. The van der Waals surface area contributed by atoms with Crippen molar-refractivity contribution in [3.8, 4) is 5.75 Å². The maximum absolute atomic E-state index is 13.5. The lowest BCUT2D eigenvalue weighted by Gasteiger charge is -2.18. The molecule has 0 aliphatic rings. The fourth-order valence-electron chi connectivity index (χ4n) is 1.92. The second-order valence-electron chi connectivity index (χ2n) is 4.49. The summed E-state index contributed by atoms with van der Waals surface area (Å²) < 4.78 is 19.5. The fourth-order valence-corrected chi connectivity index (χ4v) is 2.18. The van der Waals surface area contributed by atoms with Crippen LogP contribution in [0.3, 0.4) is 0 Å². The van der Waals surface area contributed by atoms with Crippen LogP contribution in [-0.4, -0.2) is 7.11 Å². The van der Waals surface area contributed by atoms with Gasteiger partial charge in [0, 0.05) is 22.6 Å². The van der Waals surface area contributed by atoms with E-state index in [-0.39, 0.29) is 11.8 Å². The first kappa shape index (κ1) is 14.7. The van der Waals surface area contributed by atoms with Crippen LogP contribution in [0.1, 0.15) is 18.5 Å². The van der Waals surface area contributed by atoms with Gasteiger partial charge in [0.25, 0.3) is 0 Å². The number of rotatable bonds is 4. The molecule has 0 heterocycles. The molecule has 0 aliphatic heterocycles. The lowest BCUT2D eigenvalue weighted by molar-refractivity contribution is 0.387. The number of hydrogen-bond donors (Lipinski definition) is 2. The molecule has 3 N–H and O–H groups in total. The van der Waals surface area contributed by atoms with Crippen molar-refractivity contribution in [1.82, 2.24) is 0 Å². The van der Waals surface area contributed by atoms with E-state index in [9.17, 15) is 4.39 Å². The van der Waals surface area contributed by atoms with E-state index in [0.29, 0.717) is 11.4 Å². The smallest absolute Gasteiger partial charge is 0.167 e. The van der Waals surface area contributed by atoms with Crippen LogP contribution in [-0.2, 0) is 0 Å². The van der Waals surface area contributed by atoms with E-state index in [1.807, 2.05) is 31.2 Å². The SMILES string of the molecule is COc1cc(NC(C)c2ccc(Br)cc2)c(N)cc1F. The second kappa shape index (κ2) is 6.13. The highest BCUT2D eigenvalue weighted by Crippen LogP contribution is 2.30. The van der Waals surface area contributed by atoms with E-state index < -0.39 is 5.82 Å². The lowest BCUT2D eigenvalue weighted by Crippen LogP contribution is -2.09. The third kappa shape index (κ3) is 3.22. The van der Waals surface area contributed by atoms with Crippen molar-refractivity contribution in [3.63, 3.8) is 0 Å². The molecule has 2 aromatic carbocycles. The first-order valence-corrected chi connectivity index (χ1v) is 6.95. The van der Waals surface area contributed by atoms with Crippen molar-refractivity contribution < 1.29 is 9.13 Å². The Labute approximate surface area is 126 Å². The molecule has 0 saturated heterocycles. The van der Waals surface area contributed by atoms with Gasteiger partial charge in [-0.05, 0) is 24.6 Å². The van der Waals surface area contributed by atoms with Gasteiger partial charge in [-0.3, -0.25) is 0 Å². The van der Waals surface area contributed by atoms with Crippen molar-refractivity contribution in [3.05, 3.63) is 52.3 Å². The molecule has 0 bridgehead atoms. The highest BCUT2D eigenvalue weighted by Gasteiger charge is 2.11. The Morgan fingerprint density at radius 1 is 1.25 bits per heavy atom. The molecule has 0 amide bonds.